The summed E-state index contributed by atoms with van der Waals surface area (Å²) in [7, 11) is 1.72. The number of anilines is 2. The fourth-order valence-electron chi connectivity index (χ4n) is 3.07. The van der Waals surface area contributed by atoms with Crippen LogP contribution in [-0.4, -0.2) is 38.6 Å². The van der Waals surface area contributed by atoms with Gasteiger partial charge in [0.1, 0.15) is 6.54 Å². The fourth-order valence-corrected chi connectivity index (χ4v) is 3.07. The highest BCUT2D eigenvalue weighted by Gasteiger charge is 2.31. The molecule has 2 aromatic rings. The second-order valence-corrected chi connectivity index (χ2v) is 6.69. The van der Waals surface area contributed by atoms with Crippen LogP contribution in [0.1, 0.15) is 37.0 Å². The van der Waals surface area contributed by atoms with Crippen molar-refractivity contribution < 1.29 is 19.1 Å². The van der Waals surface area contributed by atoms with Crippen molar-refractivity contribution in [2.24, 2.45) is 0 Å². The Morgan fingerprint density at radius 1 is 0.964 bits per heavy atom. The highest BCUT2D eigenvalue weighted by molar-refractivity contribution is 6.15. The van der Waals surface area contributed by atoms with Gasteiger partial charge in [-0.05, 0) is 43.2 Å². The van der Waals surface area contributed by atoms with E-state index < -0.39 is 0 Å². The molecule has 28 heavy (non-hydrogen) atoms. The molecule has 0 unspecified atom stereocenters. The Bertz CT molecular complexity index is 865. The second-order valence-electron chi connectivity index (χ2n) is 6.69. The normalized spacial score (nSPS) is 13.3. The Morgan fingerprint density at radius 2 is 1.61 bits per heavy atom. The predicted molar refractivity (Wildman–Crippen MR) is 110 cm³/mol. The van der Waals surface area contributed by atoms with Crippen LogP contribution in [0, 0.1) is 0 Å². The van der Waals surface area contributed by atoms with E-state index in [2.05, 4.69) is 0 Å². The van der Waals surface area contributed by atoms with Crippen LogP contribution < -0.4 is 19.3 Å². The number of likely N-dealkylation sites (N-methyl/N-ethyl adjacent to an activating group) is 1. The van der Waals surface area contributed by atoms with E-state index in [1.807, 2.05) is 38.1 Å². The average molecular weight is 382 g/mol. The van der Waals surface area contributed by atoms with E-state index in [0.29, 0.717) is 30.3 Å². The van der Waals surface area contributed by atoms with Gasteiger partial charge in [-0.15, -0.1) is 0 Å². The summed E-state index contributed by atoms with van der Waals surface area (Å²) in [6.07, 6.45) is 1.74. The molecule has 3 rings (SSSR count). The number of benzene rings is 2. The van der Waals surface area contributed by atoms with E-state index in [-0.39, 0.29) is 18.4 Å². The number of carbonyl (C=O) groups excluding carboxylic acids is 2. The zero-order valence-corrected chi connectivity index (χ0v) is 16.6. The second kappa shape index (κ2) is 8.78. The Kier molecular flexibility index (Phi) is 6.19. The molecule has 1 heterocycles. The van der Waals surface area contributed by atoms with Crippen LogP contribution in [0.25, 0.3) is 0 Å². The van der Waals surface area contributed by atoms with Gasteiger partial charge in [0.15, 0.2) is 11.5 Å². The molecular weight excluding hydrogens is 356 g/mol. The number of hydrogen-bond acceptors (Lipinski definition) is 4. The first-order chi connectivity index (χ1) is 13.6. The van der Waals surface area contributed by atoms with Crippen molar-refractivity contribution in [1.82, 2.24) is 0 Å². The number of ether oxygens (including phenoxy) is 2. The third kappa shape index (κ3) is 3.96. The molecular formula is C22H26N2O4. The molecule has 0 spiro atoms. The van der Waals surface area contributed by atoms with Crippen LogP contribution in [0.5, 0.6) is 11.5 Å². The molecule has 1 aliphatic heterocycles. The van der Waals surface area contributed by atoms with E-state index in [0.717, 1.165) is 24.2 Å². The fraction of sp³-hybridized carbons (Fsp3) is 0.364. The van der Waals surface area contributed by atoms with Gasteiger partial charge in [0.05, 0.1) is 24.6 Å². The van der Waals surface area contributed by atoms with E-state index in [9.17, 15) is 9.59 Å². The van der Waals surface area contributed by atoms with Gasteiger partial charge >= 0.3 is 0 Å². The SMILES string of the molecule is CCCOc1ccc(C(=O)N2CC(=O)N(C)c3ccccc32)cc1OCCC. The topological polar surface area (TPSA) is 59.1 Å². The van der Waals surface area contributed by atoms with Crippen molar-refractivity contribution in [3.05, 3.63) is 48.0 Å². The molecule has 2 amide bonds. The van der Waals surface area contributed by atoms with Crippen LogP contribution in [0.15, 0.2) is 42.5 Å². The van der Waals surface area contributed by atoms with Crippen molar-refractivity contribution in [2.45, 2.75) is 26.7 Å². The quantitative estimate of drug-likeness (QED) is 0.729. The monoisotopic (exact) mass is 382 g/mol. The van der Waals surface area contributed by atoms with Crippen molar-refractivity contribution in [2.75, 3.05) is 36.6 Å². The Hall–Kier alpha value is -3.02. The van der Waals surface area contributed by atoms with Crippen LogP contribution in [0.3, 0.4) is 0 Å². The van der Waals surface area contributed by atoms with Gasteiger partial charge in [-0.25, -0.2) is 0 Å². The smallest absolute Gasteiger partial charge is 0.258 e. The Morgan fingerprint density at radius 3 is 2.29 bits per heavy atom. The third-order valence-electron chi connectivity index (χ3n) is 4.56. The first-order valence-electron chi connectivity index (χ1n) is 9.63. The lowest BCUT2D eigenvalue weighted by Gasteiger charge is -2.34. The van der Waals surface area contributed by atoms with Crippen molar-refractivity contribution >= 4 is 23.2 Å². The summed E-state index contributed by atoms with van der Waals surface area (Å²) >= 11 is 0. The number of rotatable bonds is 7. The van der Waals surface area contributed by atoms with Gasteiger partial charge in [0.2, 0.25) is 5.91 Å². The molecule has 0 N–H and O–H groups in total. The molecule has 0 saturated heterocycles. The van der Waals surface area contributed by atoms with Gasteiger partial charge in [-0.1, -0.05) is 26.0 Å². The maximum absolute atomic E-state index is 13.2. The summed E-state index contributed by atoms with van der Waals surface area (Å²) < 4.78 is 11.5. The molecule has 0 radical (unpaired) electrons. The molecule has 0 atom stereocenters. The molecule has 6 nitrogen and oxygen atoms in total. The molecule has 2 aromatic carbocycles. The lowest BCUT2D eigenvalue weighted by atomic mass is 10.1. The summed E-state index contributed by atoms with van der Waals surface area (Å²) in [6.45, 7) is 5.18. The van der Waals surface area contributed by atoms with Crippen LogP contribution in [0.4, 0.5) is 11.4 Å². The number of hydrogen-bond donors (Lipinski definition) is 0. The van der Waals surface area contributed by atoms with Crippen LogP contribution in [0.2, 0.25) is 0 Å². The minimum atomic E-state index is -0.239. The van der Waals surface area contributed by atoms with Crippen LogP contribution in [-0.2, 0) is 4.79 Å². The summed E-state index contributed by atoms with van der Waals surface area (Å²) in [5.74, 6) is 0.811. The largest absolute Gasteiger partial charge is 0.490 e. The summed E-state index contributed by atoms with van der Waals surface area (Å²) in [5.41, 5.74) is 1.90. The predicted octanol–water partition coefficient (Wildman–Crippen LogP) is 3.89. The van der Waals surface area contributed by atoms with E-state index in [4.69, 9.17) is 9.47 Å². The number of fused-ring (bicyclic) bond motifs is 1. The van der Waals surface area contributed by atoms with E-state index >= 15 is 0 Å². The van der Waals surface area contributed by atoms with Crippen molar-refractivity contribution in [1.29, 1.82) is 0 Å². The summed E-state index contributed by atoms with van der Waals surface area (Å²) in [5, 5.41) is 0. The standard InChI is InChI=1S/C22H26N2O4/c1-4-12-27-19-11-10-16(14-20(19)28-13-5-2)22(26)24-15-21(25)23(3)17-8-6-7-9-18(17)24/h6-11,14H,4-5,12-13,15H2,1-3H3. The zero-order valence-electron chi connectivity index (χ0n) is 16.6. The number of carbonyl (C=O) groups is 2. The lowest BCUT2D eigenvalue weighted by Crippen LogP contribution is -2.46. The van der Waals surface area contributed by atoms with Crippen LogP contribution >= 0.6 is 0 Å². The maximum atomic E-state index is 13.2. The van der Waals surface area contributed by atoms with Crippen molar-refractivity contribution in [3.63, 3.8) is 0 Å². The maximum Gasteiger partial charge on any atom is 0.258 e. The first-order valence-corrected chi connectivity index (χ1v) is 9.63. The molecule has 0 fully saturated rings. The number of nitrogens with zero attached hydrogens (tertiary/aromatic N) is 2. The van der Waals surface area contributed by atoms with Gasteiger partial charge in [-0.3, -0.25) is 14.5 Å². The lowest BCUT2D eigenvalue weighted by molar-refractivity contribution is -0.117. The first kappa shape index (κ1) is 19.7. The van der Waals surface area contributed by atoms with Gasteiger partial charge in [-0.2, -0.15) is 0 Å². The zero-order chi connectivity index (χ0) is 20.1. The van der Waals surface area contributed by atoms with Crippen molar-refractivity contribution in [3.8, 4) is 11.5 Å². The highest BCUT2D eigenvalue weighted by Crippen LogP contribution is 2.35. The van der Waals surface area contributed by atoms with Gasteiger partial charge in [0.25, 0.3) is 5.91 Å². The molecule has 0 bridgehead atoms. The minimum Gasteiger partial charge on any atom is -0.490 e. The molecule has 0 aliphatic carbocycles. The molecule has 0 aromatic heterocycles. The number of para-hydroxylation sites is 2. The molecule has 148 valence electrons. The van der Waals surface area contributed by atoms with Gasteiger partial charge in [0, 0.05) is 12.6 Å². The molecule has 6 heteroatoms. The Labute approximate surface area is 165 Å². The third-order valence-corrected chi connectivity index (χ3v) is 4.56. The van der Waals surface area contributed by atoms with Gasteiger partial charge < -0.3 is 14.4 Å². The minimum absolute atomic E-state index is 0.00554. The molecule has 0 saturated carbocycles. The average Bonchev–Trinajstić information content (AvgIpc) is 2.73. The summed E-state index contributed by atoms with van der Waals surface area (Å²) in [6, 6.07) is 12.6. The molecule has 1 aliphatic rings. The summed E-state index contributed by atoms with van der Waals surface area (Å²) in [4.78, 5) is 28.7. The van der Waals surface area contributed by atoms with E-state index in [1.165, 1.54) is 4.90 Å². The number of amides is 2. The highest BCUT2D eigenvalue weighted by atomic mass is 16.5. The Balaban J connectivity index is 1.93. The van der Waals surface area contributed by atoms with E-state index in [1.54, 1.807) is 30.1 Å².